The summed E-state index contributed by atoms with van der Waals surface area (Å²) in [5.74, 6) is 0. The summed E-state index contributed by atoms with van der Waals surface area (Å²) in [6.07, 6.45) is 2.96. The highest BCUT2D eigenvalue weighted by Crippen LogP contribution is 2.35. The molecular weight excluding hydrogens is 296 g/mol. The summed E-state index contributed by atoms with van der Waals surface area (Å²) in [5, 5.41) is 0. The molecule has 100 valence electrons. The number of aromatic nitrogens is 1. The SMILES string of the molecule is Cc1nc(Cl)sc1S(=O)(=O)NC1CC2CCC1O2. The van der Waals surface area contributed by atoms with E-state index in [1.165, 1.54) is 0 Å². The molecule has 0 aliphatic carbocycles. The smallest absolute Gasteiger partial charge is 0.252 e. The summed E-state index contributed by atoms with van der Waals surface area (Å²) in [6, 6.07) is -0.117. The summed E-state index contributed by atoms with van der Waals surface area (Å²) < 4.78 is 33.3. The second-order valence-electron chi connectivity index (χ2n) is 4.68. The van der Waals surface area contributed by atoms with Gasteiger partial charge in [-0.3, -0.25) is 0 Å². The van der Waals surface area contributed by atoms with Crippen molar-refractivity contribution in [3.8, 4) is 0 Å². The third-order valence-electron chi connectivity index (χ3n) is 3.38. The zero-order valence-electron chi connectivity index (χ0n) is 9.72. The monoisotopic (exact) mass is 308 g/mol. The largest absolute Gasteiger partial charge is 0.373 e. The lowest BCUT2D eigenvalue weighted by molar-refractivity contribution is 0.0996. The van der Waals surface area contributed by atoms with Crippen molar-refractivity contribution >= 4 is 33.0 Å². The molecule has 18 heavy (non-hydrogen) atoms. The van der Waals surface area contributed by atoms with Gasteiger partial charge in [-0.15, -0.1) is 0 Å². The van der Waals surface area contributed by atoms with E-state index in [4.69, 9.17) is 16.3 Å². The van der Waals surface area contributed by atoms with Gasteiger partial charge in [0.15, 0.2) is 8.68 Å². The van der Waals surface area contributed by atoms with Crippen molar-refractivity contribution in [1.82, 2.24) is 9.71 Å². The van der Waals surface area contributed by atoms with Crippen LogP contribution in [0.5, 0.6) is 0 Å². The molecule has 0 aromatic carbocycles. The molecule has 3 rings (SSSR count). The minimum Gasteiger partial charge on any atom is -0.373 e. The predicted octanol–water partition coefficient (Wildman–Crippen LogP) is 1.70. The number of thiazole rings is 1. The zero-order valence-corrected chi connectivity index (χ0v) is 12.1. The van der Waals surface area contributed by atoms with Crippen molar-refractivity contribution < 1.29 is 13.2 Å². The van der Waals surface area contributed by atoms with Gasteiger partial charge in [-0.05, 0) is 26.2 Å². The Morgan fingerprint density at radius 2 is 2.28 bits per heavy atom. The van der Waals surface area contributed by atoms with Crippen LogP contribution in [-0.4, -0.2) is 31.7 Å². The van der Waals surface area contributed by atoms with Crippen LogP contribution in [0.3, 0.4) is 0 Å². The van der Waals surface area contributed by atoms with Gasteiger partial charge in [0.25, 0.3) is 10.0 Å². The Morgan fingerprint density at radius 1 is 1.50 bits per heavy atom. The van der Waals surface area contributed by atoms with Gasteiger partial charge in [-0.2, -0.15) is 0 Å². The van der Waals surface area contributed by atoms with Crippen LogP contribution in [0.4, 0.5) is 0 Å². The first kappa shape index (κ1) is 12.8. The average Bonchev–Trinajstić information content (AvgIpc) is 2.93. The lowest BCUT2D eigenvalue weighted by atomic mass is 9.96. The number of ether oxygens (including phenoxy) is 1. The van der Waals surface area contributed by atoms with E-state index < -0.39 is 10.0 Å². The van der Waals surface area contributed by atoms with Crippen LogP contribution in [0.15, 0.2) is 4.21 Å². The highest BCUT2D eigenvalue weighted by molar-refractivity contribution is 7.91. The molecule has 5 nitrogen and oxygen atoms in total. The number of nitrogens with zero attached hydrogens (tertiary/aromatic N) is 1. The first-order valence-corrected chi connectivity index (χ1v) is 8.44. The fraction of sp³-hybridized carbons (Fsp3) is 0.700. The molecule has 0 amide bonds. The number of halogens is 1. The summed E-state index contributed by atoms with van der Waals surface area (Å²) in [4.78, 5) is 3.93. The molecule has 2 saturated heterocycles. The maximum absolute atomic E-state index is 12.2. The Hall–Kier alpha value is -0.210. The van der Waals surface area contributed by atoms with Crippen molar-refractivity contribution in [2.75, 3.05) is 0 Å². The van der Waals surface area contributed by atoms with Gasteiger partial charge in [0, 0.05) is 0 Å². The Bertz CT molecular complexity index is 572. The van der Waals surface area contributed by atoms with E-state index in [1.54, 1.807) is 6.92 Å². The minimum atomic E-state index is -3.53. The van der Waals surface area contributed by atoms with Gasteiger partial charge in [0.05, 0.1) is 23.9 Å². The molecule has 3 atom stereocenters. The first-order valence-electron chi connectivity index (χ1n) is 5.76. The van der Waals surface area contributed by atoms with Crippen LogP contribution in [0, 0.1) is 6.92 Å². The number of nitrogens with one attached hydrogen (secondary N) is 1. The number of hydrogen-bond acceptors (Lipinski definition) is 5. The molecule has 3 heterocycles. The third kappa shape index (κ3) is 2.18. The fourth-order valence-electron chi connectivity index (χ4n) is 2.61. The van der Waals surface area contributed by atoms with Crippen molar-refractivity contribution in [2.24, 2.45) is 0 Å². The second kappa shape index (κ2) is 4.42. The van der Waals surface area contributed by atoms with Crippen LogP contribution >= 0.6 is 22.9 Å². The van der Waals surface area contributed by atoms with Crippen LogP contribution in [-0.2, 0) is 14.8 Å². The van der Waals surface area contributed by atoms with Crippen molar-refractivity contribution in [2.45, 2.75) is 48.6 Å². The highest BCUT2D eigenvalue weighted by atomic mass is 35.5. The molecule has 3 unspecified atom stereocenters. The maximum atomic E-state index is 12.2. The van der Waals surface area contributed by atoms with Crippen LogP contribution in [0.2, 0.25) is 4.47 Å². The fourth-order valence-corrected chi connectivity index (χ4v) is 5.65. The van der Waals surface area contributed by atoms with Gasteiger partial charge in [-0.25, -0.2) is 18.1 Å². The summed E-state index contributed by atoms with van der Waals surface area (Å²) in [5.41, 5.74) is 0.446. The molecule has 1 N–H and O–H groups in total. The highest BCUT2D eigenvalue weighted by Gasteiger charge is 2.43. The van der Waals surface area contributed by atoms with E-state index in [-0.39, 0.29) is 26.9 Å². The summed E-state index contributed by atoms with van der Waals surface area (Å²) in [6.45, 7) is 1.65. The molecule has 1 aromatic rings. The van der Waals surface area contributed by atoms with E-state index in [1.807, 2.05) is 0 Å². The van der Waals surface area contributed by atoms with Gasteiger partial charge in [0.2, 0.25) is 0 Å². The molecule has 2 bridgehead atoms. The minimum absolute atomic E-state index is 0.0217. The summed E-state index contributed by atoms with van der Waals surface area (Å²) >= 11 is 6.73. The van der Waals surface area contributed by atoms with E-state index in [2.05, 4.69) is 9.71 Å². The predicted molar refractivity (Wildman–Crippen MR) is 68.5 cm³/mol. The Labute approximate surface area is 115 Å². The molecule has 2 fully saturated rings. The lowest BCUT2D eigenvalue weighted by Crippen LogP contribution is -2.41. The van der Waals surface area contributed by atoms with Crippen LogP contribution < -0.4 is 4.72 Å². The topological polar surface area (TPSA) is 68.3 Å². The molecule has 2 aliphatic heterocycles. The number of hydrogen-bond donors (Lipinski definition) is 1. The third-order valence-corrected chi connectivity index (χ3v) is 6.75. The molecule has 1 aromatic heterocycles. The van der Waals surface area contributed by atoms with Gasteiger partial charge < -0.3 is 4.74 Å². The van der Waals surface area contributed by atoms with Gasteiger partial charge in [-0.1, -0.05) is 22.9 Å². The molecule has 2 aliphatic rings. The van der Waals surface area contributed by atoms with E-state index in [9.17, 15) is 8.42 Å². The Morgan fingerprint density at radius 3 is 2.78 bits per heavy atom. The second-order valence-corrected chi connectivity index (χ2v) is 8.17. The normalized spacial score (nSPS) is 31.1. The Kier molecular flexibility index (Phi) is 3.14. The van der Waals surface area contributed by atoms with Gasteiger partial charge in [0.1, 0.15) is 0 Å². The summed E-state index contributed by atoms with van der Waals surface area (Å²) in [7, 11) is -3.53. The quantitative estimate of drug-likeness (QED) is 0.923. The van der Waals surface area contributed by atoms with Crippen molar-refractivity contribution in [3.05, 3.63) is 10.2 Å². The molecule has 0 spiro atoms. The van der Waals surface area contributed by atoms with Crippen LogP contribution in [0.25, 0.3) is 0 Å². The van der Waals surface area contributed by atoms with E-state index in [0.717, 1.165) is 30.6 Å². The molecular formula is C10H13ClN2O3S2. The van der Waals surface area contributed by atoms with Crippen molar-refractivity contribution in [3.63, 3.8) is 0 Å². The Balaban J connectivity index is 1.81. The zero-order chi connectivity index (χ0) is 12.9. The molecule has 0 radical (unpaired) electrons. The molecule has 8 heteroatoms. The number of aryl methyl sites for hydroxylation is 1. The average molecular weight is 309 g/mol. The number of rotatable bonds is 3. The lowest BCUT2D eigenvalue weighted by Gasteiger charge is -2.19. The number of fused-ring (bicyclic) bond motifs is 2. The maximum Gasteiger partial charge on any atom is 0.252 e. The van der Waals surface area contributed by atoms with Gasteiger partial charge >= 0.3 is 0 Å². The van der Waals surface area contributed by atoms with Crippen LogP contribution in [0.1, 0.15) is 25.0 Å². The molecule has 0 saturated carbocycles. The van der Waals surface area contributed by atoms with E-state index in [0.29, 0.717) is 5.69 Å². The number of sulfonamides is 1. The first-order chi connectivity index (χ1) is 8.45. The standard InChI is InChI=1S/C10H13ClN2O3S2/c1-5-9(17-10(11)12-5)18(14,15)13-7-4-6-2-3-8(7)16-6/h6-8,13H,2-4H2,1H3. The van der Waals surface area contributed by atoms with E-state index >= 15 is 0 Å². The van der Waals surface area contributed by atoms with Crippen molar-refractivity contribution in [1.29, 1.82) is 0 Å².